The highest BCUT2D eigenvalue weighted by Gasteiger charge is 2.34. The van der Waals surface area contributed by atoms with Crippen LogP contribution in [0.3, 0.4) is 0 Å². The van der Waals surface area contributed by atoms with Crippen molar-refractivity contribution < 1.29 is 19.1 Å². The Bertz CT molecular complexity index is 764. The number of halogens is 1. The molecule has 24 heavy (non-hydrogen) atoms. The van der Waals surface area contributed by atoms with Crippen LogP contribution in [0.4, 0.5) is 14.9 Å². The third kappa shape index (κ3) is 3.34. The number of benzene rings is 1. The minimum absolute atomic E-state index is 0.231. The van der Waals surface area contributed by atoms with Crippen molar-refractivity contribution in [1.82, 2.24) is 10.3 Å². The van der Waals surface area contributed by atoms with E-state index < -0.39 is 12.1 Å². The van der Waals surface area contributed by atoms with Gasteiger partial charge in [0.1, 0.15) is 11.9 Å². The smallest absolute Gasteiger partial charge is 0.405 e. The van der Waals surface area contributed by atoms with Crippen LogP contribution in [0.5, 0.6) is 0 Å². The molecule has 2 heterocycles. The molecule has 1 atom stereocenters. The van der Waals surface area contributed by atoms with Gasteiger partial charge in [-0.05, 0) is 36.2 Å². The summed E-state index contributed by atoms with van der Waals surface area (Å²) in [5.74, 6) is -0.618. The second kappa shape index (κ2) is 6.66. The molecule has 0 spiro atoms. The van der Waals surface area contributed by atoms with Gasteiger partial charge in [-0.25, -0.2) is 9.18 Å². The lowest BCUT2D eigenvalue weighted by Gasteiger charge is -2.33. The highest BCUT2D eigenvalue weighted by molar-refractivity contribution is 6.01. The molecule has 1 unspecified atom stereocenters. The van der Waals surface area contributed by atoms with Gasteiger partial charge in [-0.1, -0.05) is 12.1 Å². The molecule has 1 aliphatic rings. The van der Waals surface area contributed by atoms with E-state index in [9.17, 15) is 14.0 Å². The van der Waals surface area contributed by atoms with Crippen LogP contribution in [-0.4, -0.2) is 34.7 Å². The summed E-state index contributed by atoms with van der Waals surface area (Å²) in [6.07, 6.45) is 1.13. The van der Waals surface area contributed by atoms with Gasteiger partial charge >= 0.3 is 6.09 Å². The van der Waals surface area contributed by atoms with Gasteiger partial charge < -0.3 is 15.3 Å². The summed E-state index contributed by atoms with van der Waals surface area (Å²) in [5.41, 5.74) is 2.26. The van der Waals surface area contributed by atoms with Crippen molar-refractivity contribution in [1.29, 1.82) is 0 Å². The number of hydrogen-bond donors (Lipinski definition) is 2. The molecule has 1 aromatic carbocycles. The number of rotatable bonds is 4. The molecule has 1 aliphatic heterocycles. The molecule has 0 saturated carbocycles. The predicted octanol–water partition coefficient (Wildman–Crippen LogP) is 1.99. The highest BCUT2D eigenvalue weighted by Crippen LogP contribution is 2.26. The zero-order valence-electron chi connectivity index (χ0n) is 12.8. The minimum Gasteiger partial charge on any atom is -0.465 e. The first-order chi connectivity index (χ1) is 11.5. The van der Waals surface area contributed by atoms with E-state index in [1.165, 1.54) is 17.0 Å². The predicted molar refractivity (Wildman–Crippen MR) is 85.3 cm³/mol. The summed E-state index contributed by atoms with van der Waals surface area (Å²) in [6, 6.07) is 8.76. The van der Waals surface area contributed by atoms with Crippen molar-refractivity contribution in [3.05, 3.63) is 59.7 Å². The van der Waals surface area contributed by atoms with Crippen molar-refractivity contribution in [3.8, 4) is 0 Å². The Morgan fingerprint density at radius 2 is 2.08 bits per heavy atom. The van der Waals surface area contributed by atoms with Gasteiger partial charge in [0.25, 0.3) is 0 Å². The van der Waals surface area contributed by atoms with Crippen LogP contribution in [0.1, 0.15) is 11.3 Å². The second-order valence-electron chi connectivity index (χ2n) is 5.54. The molecule has 2 aromatic rings. The monoisotopic (exact) mass is 329 g/mol. The molecule has 2 N–H and O–H groups in total. The van der Waals surface area contributed by atoms with E-state index in [0.29, 0.717) is 24.3 Å². The molecule has 124 valence electrons. The Kier molecular flexibility index (Phi) is 4.41. The van der Waals surface area contributed by atoms with E-state index in [4.69, 9.17) is 5.11 Å². The zero-order chi connectivity index (χ0) is 17.1. The van der Waals surface area contributed by atoms with Crippen LogP contribution in [0.2, 0.25) is 0 Å². The molecule has 3 rings (SSSR count). The molecule has 0 saturated heterocycles. The molecule has 0 aliphatic carbocycles. The average Bonchev–Trinajstić information content (AvgIpc) is 2.56. The van der Waals surface area contributed by atoms with E-state index in [1.54, 1.807) is 30.5 Å². The number of fused-ring (bicyclic) bond motifs is 1. The average molecular weight is 329 g/mol. The lowest BCUT2D eigenvalue weighted by molar-refractivity contribution is -0.120. The third-order valence-corrected chi connectivity index (χ3v) is 3.95. The summed E-state index contributed by atoms with van der Waals surface area (Å²) >= 11 is 0. The standard InChI is InChI=1S/C17H16FN3O3/c18-12-5-3-11(4-6-12)7-9-21-15-2-1-8-19-13(15)10-14(16(21)22)20-17(23)24/h1-6,8,14,20H,7,9-10H2,(H,23,24). The van der Waals surface area contributed by atoms with Crippen LogP contribution in [0.15, 0.2) is 42.6 Å². The first kappa shape index (κ1) is 15.9. The topological polar surface area (TPSA) is 82.5 Å². The summed E-state index contributed by atoms with van der Waals surface area (Å²) in [5, 5.41) is 11.2. The number of carbonyl (C=O) groups is 2. The Labute approximate surface area is 137 Å². The van der Waals surface area contributed by atoms with Gasteiger partial charge in [-0.2, -0.15) is 0 Å². The summed E-state index contributed by atoms with van der Waals surface area (Å²) in [7, 11) is 0. The summed E-state index contributed by atoms with van der Waals surface area (Å²) in [4.78, 5) is 29.3. The van der Waals surface area contributed by atoms with Gasteiger partial charge in [-0.3, -0.25) is 9.78 Å². The number of amides is 2. The van der Waals surface area contributed by atoms with E-state index >= 15 is 0 Å². The number of carboxylic acid groups (broad SMARTS) is 1. The maximum atomic E-state index is 13.0. The zero-order valence-corrected chi connectivity index (χ0v) is 12.8. The normalized spacial score (nSPS) is 16.6. The Morgan fingerprint density at radius 1 is 1.33 bits per heavy atom. The SMILES string of the molecule is O=C(O)NC1Cc2ncccc2N(CCc2ccc(F)cc2)C1=O. The van der Waals surface area contributed by atoms with Crippen LogP contribution < -0.4 is 10.2 Å². The van der Waals surface area contributed by atoms with E-state index in [-0.39, 0.29) is 18.1 Å². The number of anilines is 1. The molecule has 2 amide bonds. The van der Waals surface area contributed by atoms with Crippen molar-refractivity contribution in [3.63, 3.8) is 0 Å². The molecule has 0 radical (unpaired) electrons. The summed E-state index contributed by atoms with van der Waals surface area (Å²) in [6.45, 7) is 0.362. The molecule has 1 aromatic heterocycles. The Morgan fingerprint density at radius 3 is 2.79 bits per heavy atom. The number of hydrogen-bond acceptors (Lipinski definition) is 3. The second-order valence-corrected chi connectivity index (χ2v) is 5.54. The molecular formula is C17H16FN3O3. The van der Waals surface area contributed by atoms with Gasteiger partial charge in [0, 0.05) is 19.2 Å². The van der Waals surface area contributed by atoms with Crippen molar-refractivity contribution in [2.45, 2.75) is 18.9 Å². The maximum Gasteiger partial charge on any atom is 0.405 e. The molecule has 0 fully saturated rings. The van der Waals surface area contributed by atoms with Gasteiger partial charge in [0.15, 0.2) is 0 Å². The Hall–Kier alpha value is -2.96. The number of nitrogens with zero attached hydrogens (tertiary/aromatic N) is 2. The van der Waals surface area contributed by atoms with Crippen LogP contribution in [0.25, 0.3) is 0 Å². The molecule has 0 bridgehead atoms. The molecular weight excluding hydrogens is 313 g/mol. The van der Waals surface area contributed by atoms with E-state index in [0.717, 1.165) is 5.56 Å². The number of pyridine rings is 1. The van der Waals surface area contributed by atoms with Gasteiger partial charge in [0.05, 0.1) is 11.4 Å². The lowest BCUT2D eigenvalue weighted by atomic mass is 10.0. The number of nitrogens with one attached hydrogen (secondary N) is 1. The van der Waals surface area contributed by atoms with Crippen molar-refractivity contribution in [2.75, 3.05) is 11.4 Å². The van der Waals surface area contributed by atoms with Crippen molar-refractivity contribution >= 4 is 17.7 Å². The van der Waals surface area contributed by atoms with Gasteiger partial charge in [0.2, 0.25) is 5.91 Å². The maximum absolute atomic E-state index is 13.0. The fourth-order valence-corrected chi connectivity index (χ4v) is 2.80. The van der Waals surface area contributed by atoms with Crippen LogP contribution in [-0.2, 0) is 17.6 Å². The van der Waals surface area contributed by atoms with Gasteiger partial charge in [-0.15, -0.1) is 0 Å². The fraction of sp³-hybridized carbons (Fsp3) is 0.235. The van der Waals surface area contributed by atoms with Crippen LogP contribution >= 0.6 is 0 Å². The molecule has 6 nitrogen and oxygen atoms in total. The van der Waals surface area contributed by atoms with E-state index in [1.807, 2.05) is 0 Å². The first-order valence-corrected chi connectivity index (χ1v) is 7.54. The number of aromatic nitrogens is 1. The van der Waals surface area contributed by atoms with Crippen LogP contribution in [0, 0.1) is 5.82 Å². The summed E-state index contributed by atoms with van der Waals surface area (Å²) < 4.78 is 13.0. The fourth-order valence-electron chi connectivity index (χ4n) is 2.80. The van der Waals surface area contributed by atoms with E-state index in [2.05, 4.69) is 10.3 Å². The third-order valence-electron chi connectivity index (χ3n) is 3.95. The quantitative estimate of drug-likeness (QED) is 0.899. The van der Waals surface area contributed by atoms with Crippen molar-refractivity contribution in [2.24, 2.45) is 0 Å². The minimum atomic E-state index is -1.24. The number of carbonyl (C=O) groups excluding carboxylic acids is 1. The molecule has 7 heteroatoms. The lowest BCUT2D eigenvalue weighted by Crippen LogP contribution is -2.53. The largest absolute Gasteiger partial charge is 0.465 e. The first-order valence-electron chi connectivity index (χ1n) is 7.54. The highest BCUT2D eigenvalue weighted by atomic mass is 19.1. The Balaban J connectivity index is 1.82.